The molecule has 2 aromatic heterocycles. The summed E-state index contributed by atoms with van der Waals surface area (Å²) in [6, 6.07) is 5.83. The smallest absolute Gasteiger partial charge is 0.409 e. The van der Waals surface area contributed by atoms with Crippen LogP contribution in [0.4, 0.5) is 18.0 Å². The Balaban J connectivity index is 1.94. The zero-order valence-corrected chi connectivity index (χ0v) is 23.7. The number of amides is 1. The predicted octanol–water partition coefficient (Wildman–Crippen LogP) is 6.68. The van der Waals surface area contributed by atoms with Gasteiger partial charge < -0.3 is 10.1 Å². The summed E-state index contributed by atoms with van der Waals surface area (Å²) >= 11 is 3.81. The van der Waals surface area contributed by atoms with Crippen molar-refractivity contribution in [1.82, 2.24) is 15.2 Å². The summed E-state index contributed by atoms with van der Waals surface area (Å²) < 4.78 is 49.8. The zero-order chi connectivity index (χ0) is 26.0. The fourth-order valence-electron chi connectivity index (χ4n) is 4.78. The number of ether oxygens (including phenoxy) is 1. The van der Waals surface area contributed by atoms with E-state index in [9.17, 15) is 18.0 Å². The molecule has 2 atom stereocenters. The minimum absolute atomic E-state index is 0.197. The summed E-state index contributed by atoms with van der Waals surface area (Å²) in [6.07, 6.45) is -3.25. The number of alkyl carbamates (subject to hydrolysis) is 1. The number of carbonyl (C=O) groups excluding carboxylic acids is 1. The number of hydrogen-bond acceptors (Lipinski definition) is 5. The van der Waals surface area contributed by atoms with Crippen molar-refractivity contribution in [2.24, 2.45) is 5.41 Å². The van der Waals surface area contributed by atoms with Gasteiger partial charge in [-0.25, -0.2) is 4.79 Å². The van der Waals surface area contributed by atoms with E-state index in [1.165, 1.54) is 0 Å². The zero-order valence-electron chi connectivity index (χ0n) is 20.7. The Morgan fingerprint density at radius 1 is 1.29 bits per heavy atom. The van der Waals surface area contributed by atoms with E-state index in [-0.39, 0.29) is 6.54 Å². The van der Waals surface area contributed by atoms with Crippen molar-refractivity contribution in [2.45, 2.75) is 77.7 Å². The van der Waals surface area contributed by atoms with E-state index in [0.717, 1.165) is 19.0 Å². The van der Waals surface area contributed by atoms with Crippen LogP contribution in [0.25, 0.3) is 0 Å². The third-order valence-electron chi connectivity index (χ3n) is 6.84. The molecule has 0 radical (unpaired) electrons. The number of likely N-dealkylation sites (tertiary alicyclic amines) is 1. The number of aryl methyl sites for hydroxylation is 2. The first-order chi connectivity index (χ1) is 16.2. The Morgan fingerprint density at radius 3 is 2.54 bits per heavy atom. The molecule has 10 heteroatoms. The van der Waals surface area contributed by atoms with E-state index in [1.54, 1.807) is 31.4 Å². The normalized spacial score (nSPS) is 20.3. The lowest BCUT2D eigenvalue weighted by Crippen LogP contribution is -2.58. The van der Waals surface area contributed by atoms with Gasteiger partial charge in [0.25, 0.3) is 0 Å². The Bertz CT molecular complexity index is 1010. The molecule has 1 fully saturated rings. The van der Waals surface area contributed by atoms with Crippen molar-refractivity contribution < 1.29 is 22.7 Å². The van der Waals surface area contributed by atoms with E-state index in [1.807, 2.05) is 45.0 Å². The first-order valence-corrected chi connectivity index (χ1v) is 13.6. The summed E-state index contributed by atoms with van der Waals surface area (Å²) in [6.45, 7) is 9.84. The van der Waals surface area contributed by atoms with Crippen molar-refractivity contribution in [3.63, 3.8) is 0 Å². The lowest BCUT2D eigenvalue weighted by atomic mass is 9.74. The third kappa shape index (κ3) is 6.88. The van der Waals surface area contributed by atoms with Crippen LogP contribution < -0.4 is 5.32 Å². The highest BCUT2D eigenvalue weighted by Gasteiger charge is 2.58. The molecule has 2 aromatic rings. The third-order valence-corrected chi connectivity index (χ3v) is 8.79. The molecule has 0 bridgehead atoms. The summed E-state index contributed by atoms with van der Waals surface area (Å²) in [7, 11) is 0. The number of rotatable bonds is 8. The van der Waals surface area contributed by atoms with Gasteiger partial charge in [0, 0.05) is 34.3 Å². The first kappa shape index (κ1) is 28.2. The van der Waals surface area contributed by atoms with Crippen LogP contribution in [0, 0.1) is 15.2 Å². The highest BCUT2D eigenvalue weighted by atomic mass is 127. The monoisotopic (exact) mass is 623 g/mol. The van der Waals surface area contributed by atoms with Gasteiger partial charge in [0.1, 0.15) is 6.04 Å². The number of hydrogen-bond donors (Lipinski definition) is 1. The van der Waals surface area contributed by atoms with Crippen molar-refractivity contribution in [3.05, 3.63) is 49.5 Å². The SMILES string of the molecule is Cc1ccc(C(C)(C)N2CCC(CCc3ccc(I)s3)([C@H](NC(=O)OC(C)C)C(F)(F)F)C2)cn1. The van der Waals surface area contributed by atoms with Crippen LogP contribution in [0.5, 0.6) is 0 Å². The summed E-state index contributed by atoms with van der Waals surface area (Å²) in [5, 5.41) is 2.21. The van der Waals surface area contributed by atoms with E-state index >= 15 is 0 Å². The van der Waals surface area contributed by atoms with Gasteiger partial charge in [0.05, 0.1) is 8.99 Å². The molecular formula is C25H33F3IN3O2S. The van der Waals surface area contributed by atoms with E-state index in [0.29, 0.717) is 25.8 Å². The average molecular weight is 624 g/mol. The fraction of sp³-hybridized carbons (Fsp3) is 0.600. The van der Waals surface area contributed by atoms with Gasteiger partial charge in [-0.1, -0.05) is 6.07 Å². The minimum Gasteiger partial charge on any atom is -0.447 e. The van der Waals surface area contributed by atoms with Crippen LogP contribution in [0.3, 0.4) is 0 Å². The molecule has 194 valence electrons. The maximum atomic E-state index is 14.5. The Morgan fingerprint density at radius 2 is 2.00 bits per heavy atom. The largest absolute Gasteiger partial charge is 0.447 e. The van der Waals surface area contributed by atoms with Gasteiger partial charge in [-0.05, 0) is 107 Å². The number of alkyl halides is 3. The molecule has 1 aliphatic rings. The summed E-state index contributed by atoms with van der Waals surface area (Å²) in [4.78, 5) is 19.9. The van der Waals surface area contributed by atoms with Gasteiger partial charge in [-0.2, -0.15) is 13.2 Å². The van der Waals surface area contributed by atoms with Gasteiger partial charge >= 0.3 is 12.3 Å². The number of thiophene rings is 1. The highest BCUT2D eigenvalue weighted by molar-refractivity contribution is 14.1. The lowest BCUT2D eigenvalue weighted by Gasteiger charge is -2.42. The molecule has 3 rings (SSSR count). The maximum absolute atomic E-state index is 14.5. The molecule has 1 aliphatic heterocycles. The Labute approximate surface area is 223 Å². The molecule has 35 heavy (non-hydrogen) atoms. The molecule has 5 nitrogen and oxygen atoms in total. The number of pyridine rings is 1. The van der Waals surface area contributed by atoms with Gasteiger partial charge in [0.15, 0.2) is 0 Å². The molecule has 1 N–H and O–H groups in total. The van der Waals surface area contributed by atoms with Crippen LogP contribution in [0.1, 0.15) is 56.7 Å². The first-order valence-electron chi connectivity index (χ1n) is 11.7. The van der Waals surface area contributed by atoms with Gasteiger partial charge in [0.2, 0.25) is 0 Å². The standard InChI is InChI=1S/C25H33F3IN3O2S/c1-16(2)34-22(33)31-21(25(26,27)28)24(11-10-19-8-9-20(29)35-19)12-13-32(15-24)23(4,5)18-7-6-17(3)30-14-18/h6-9,14,16,21H,10-13,15H2,1-5H3,(H,31,33)/t21-,24?/m0/s1. The van der Waals surface area contributed by atoms with Crippen molar-refractivity contribution in [3.8, 4) is 0 Å². The van der Waals surface area contributed by atoms with E-state index < -0.39 is 35.4 Å². The number of halogens is 4. The van der Waals surface area contributed by atoms with Gasteiger partial charge in [-0.3, -0.25) is 9.88 Å². The molecule has 1 amide bonds. The quantitative estimate of drug-likeness (QED) is 0.334. The van der Waals surface area contributed by atoms with Gasteiger partial charge in [-0.15, -0.1) is 11.3 Å². The molecule has 0 aliphatic carbocycles. The Hall–Kier alpha value is -1.40. The second-order valence-corrected chi connectivity index (χ2v) is 13.1. The molecule has 1 saturated heterocycles. The highest BCUT2D eigenvalue weighted by Crippen LogP contribution is 2.48. The van der Waals surface area contributed by atoms with E-state index in [2.05, 4.69) is 37.8 Å². The fourth-order valence-corrected chi connectivity index (χ4v) is 6.53. The van der Waals surface area contributed by atoms with Crippen LogP contribution >= 0.6 is 33.9 Å². The van der Waals surface area contributed by atoms with Crippen LogP contribution in [0.2, 0.25) is 0 Å². The molecule has 3 heterocycles. The van der Waals surface area contributed by atoms with Crippen LogP contribution in [0.15, 0.2) is 30.5 Å². The lowest BCUT2D eigenvalue weighted by molar-refractivity contribution is -0.183. The minimum atomic E-state index is -4.62. The molecule has 0 spiro atoms. The average Bonchev–Trinajstić information content (AvgIpc) is 3.37. The molecule has 0 saturated carbocycles. The van der Waals surface area contributed by atoms with Crippen LogP contribution in [-0.4, -0.2) is 47.4 Å². The predicted molar refractivity (Wildman–Crippen MR) is 141 cm³/mol. The topological polar surface area (TPSA) is 54.5 Å². The van der Waals surface area contributed by atoms with Crippen molar-refractivity contribution >= 4 is 40.0 Å². The summed E-state index contributed by atoms with van der Waals surface area (Å²) in [5.74, 6) is 0. The van der Waals surface area contributed by atoms with Crippen molar-refractivity contribution in [2.75, 3.05) is 13.1 Å². The molecule has 0 aromatic carbocycles. The second-order valence-electron chi connectivity index (χ2n) is 10.1. The Kier molecular flexibility index (Phi) is 8.79. The molecule has 1 unspecified atom stereocenters. The van der Waals surface area contributed by atoms with Crippen LogP contribution in [-0.2, 0) is 16.7 Å². The second kappa shape index (κ2) is 10.9. The summed E-state index contributed by atoms with van der Waals surface area (Å²) in [5.41, 5.74) is 0.118. The number of aromatic nitrogens is 1. The van der Waals surface area contributed by atoms with Crippen molar-refractivity contribution in [1.29, 1.82) is 0 Å². The number of nitrogens with zero attached hydrogens (tertiary/aromatic N) is 2. The maximum Gasteiger partial charge on any atom is 0.409 e. The number of nitrogens with one attached hydrogen (secondary N) is 1. The molecular weight excluding hydrogens is 590 g/mol. The van der Waals surface area contributed by atoms with E-state index in [4.69, 9.17) is 4.74 Å². The number of carbonyl (C=O) groups is 1.